The molecule has 0 saturated carbocycles. The van der Waals surface area contributed by atoms with E-state index in [4.69, 9.17) is 5.73 Å². The summed E-state index contributed by atoms with van der Waals surface area (Å²) in [7, 11) is 0. The molecule has 0 fully saturated rings. The van der Waals surface area contributed by atoms with E-state index in [2.05, 4.69) is 10.2 Å². The maximum atomic E-state index is 12.0. The number of carbonyl (C=O) groups is 2. The van der Waals surface area contributed by atoms with Crippen LogP contribution in [0.15, 0.2) is 16.9 Å². The summed E-state index contributed by atoms with van der Waals surface area (Å²) in [6, 6.07) is 2.31. The van der Waals surface area contributed by atoms with Crippen LogP contribution in [0.4, 0.5) is 0 Å². The van der Waals surface area contributed by atoms with E-state index in [9.17, 15) is 14.4 Å². The third-order valence-electron chi connectivity index (χ3n) is 2.11. The summed E-state index contributed by atoms with van der Waals surface area (Å²) in [6.07, 6.45) is 0. The molecule has 0 spiro atoms. The van der Waals surface area contributed by atoms with Crippen LogP contribution in [0.3, 0.4) is 0 Å². The fourth-order valence-electron chi connectivity index (χ4n) is 1.27. The summed E-state index contributed by atoms with van der Waals surface area (Å²) < 4.78 is 0. The Morgan fingerprint density at radius 2 is 2.12 bits per heavy atom. The number of amides is 2. The zero-order chi connectivity index (χ0) is 13.0. The first-order valence-corrected chi connectivity index (χ1v) is 5.07. The Morgan fingerprint density at radius 3 is 2.53 bits per heavy atom. The lowest BCUT2D eigenvalue weighted by Crippen LogP contribution is -2.43. The van der Waals surface area contributed by atoms with Crippen molar-refractivity contribution in [1.82, 2.24) is 15.1 Å². The molecule has 2 amide bonds. The van der Waals surface area contributed by atoms with E-state index in [0.717, 1.165) is 0 Å². The minimum Gasteiger partial charge on any atom is -0.368 e. The standard InChI is InChI=1S/C10H14N4O3/c1-6(2)14(5-8(11)15)10(17)7-3-4-9(16)13-12-7/h3-4,6H,5H2,1-2H3,(H2,11,15)(H,13,16). The van der Waals surface area contributed by atoms with Crippen molar-refractivity contribution in [2.75, 3.05) is 6.54 Å². The molecule has 1 rings (SSSR count). The number of carbonyl (C=O) groups excluding carboxylic acids is 2. The summed E-state index contributed by atoms with van der Waals surface area (Å²) >= 11 is 0. The Labute approximate surface area is 97.6 Å². The number of nitrogens with zero attached hydrogens (tertiary/aromatic N) is 2. The lowest BCUT2D eigenvalue weighted by Gasteiger charge is -2.24. The van der Waals surface area contributed by atoms with Crippen molar-refractivity contribution in [3.63, 3.8) is 0 Å². The van der Waals surface area contributed by atoms with Gasteiger partial charge in [-0.15, -0.1) is 0 Å². The highest BCUT2D eigenvalue weighted by Crippen LogP contribution is 2.04. The van der Waals surface area contributed by atoms with Gasteiger partial charge in [-0.25, -0.2) is 5.10 Å². The first kappa shape index (κ1) is 12.9. The Morgan fingerprint density at radius 1 is 1.47 bits per heavy atom. The molecule has 1 aromatic heterocycles. The molecule has 0 atom stereocenters. The predicted molar refractivity (Wildman–Crippen MR) is 60.2 cm³/mol. The van der Waals surface area contributed by atoms with Gasteiger partial charge in [0.1, 0.15) is 5.69 Å². The van der Waals surface area contributed by atoms with Crippen molar-refractivity contribution in [3.05, 3.63) is 28.2 Å². The van der Waals surface area contributed by atoms with Crippen LogP contribution in [0, 0.1) is 0 Å². The van der Waals surface area contributed by atoms with Crippen molar-refractivity contribution < 1.29 is 9.59 Å². The van der Waals surface area contributed by atoms with Gasteiger partial charge in [-0.3, -0.25) is 14.4 Å². The van der Waals surface area contributed by atoms with E-state index in [1.165, 1.54) is 17.0 Å². The van der Waals surface area contributed by atoms with Crippen LogP contribution in [0.25, 0.3) is 0 Å². The van der Waals surface area contributed by atoms with Gasteiger partial charge in [0.25, 0.3) is 11.5 Å². The summed E-state index contributed by atoms with van der Waals surface area (Å²) in [5.74, 6) is -1.05. The number of nitrogens with one attached hydrogen (secondary N) is 1. The van der Waals surface area contributed by atoms with Gasteiger partial charge in [-0.05, 0) is 19.9 Å². The lowest BCUT2D eigenvalue weighted by molar-refractivity contribution is -0.119. The van der Waals surface area contributed by atoms with Crippen molar-refractivity contribution in [1.29, 1.82) is 0 Å². The summed E-state index contributed by atoms with van der Waals surface area (Å²) in [6.45, 7) is 3.33. The zero-order valence-corrected chi connectivity index (χ0v) is 9.64. The molecule has 1 heterocycles. The molecular formula is C10H14N4O3. The van der Waals surface area contributed by atoms with E-state index >= 15 is 0 Å². The topological polar surface area (TPSA) is 109 Å². The molecule has 3 N–H and O–H groups in total. The molecule has 7 nitrogen and oxygen atoms in total. The second-order valence-corrected chi connectivity index (χ2v) is 3.80. The minimum absolute atomic E-state index is 0.0690. The van der Waals surface area contributed by atoms with Gasteiger partial charge in [-0.1, -0.05) is 0 Å². The summed E-state index contributed by atoms with van der Waals surface area (Å²) in [5, 5.41) is 5.77. The highest BCUT2D eigenvalue weighted by atomic mass is 16.2. The van der Waals surface area contributed by atoms with Crippen molar-refractivity contribution in [2.45, 2.75) is 19.9 Å². The van der Waals surface area contributed by atoms with E-state index in [1.807, 2.05) is 0 Å². The number of aromatic amines is 1. The molecule has 0 aliphatic rings. The fourth-order valence-corrected chi connectivity index (χ4v) is 1.27. The maximum absolute atomic E-state index is 12.0. The number of H-pyrrole nitrogens is 1. The van der Waals surface area contributed by atoms with Gasteiger partial charge >= 0.3 is 0 Å². The predicted octanol–water partition coefficient (Wildman–Crippen LogP) is -0.894. The van der Waals surface area contributed by atoms with E-state index < -0.39 is 17.4 Å². The number of rotatable bonds is 4. The first-order valence-electron chi connectivity index (χ1n) is 5.07. The number of primary amides is 1. The minimum atomic E-state index is -0.600. The number of aromatic nitrogens is 2. The number of hydrogen-bond acceptors (Lipinski definition) is 4. The largest absolute Gasteiger partial charge is 0.368 e. The number of nitrogens with two attached hydrogens (primary N) is 1. The zero-order valence-electron chi connectivity index (χ0n) is 9.64. The molecule has 0 saturated heterocycles. The van der Waals surface area contributed by atoms with Crippen LogP contribution < -0.4 is 11.3 Å². The van der Waals surface area contributed by atoms with Gasteiger partial charge < -0.3 is 10.6 Å². The van der Waals surface area contributed by atoms with Crippen molar-refractivity contribution >= 4 is 11.8 Å². The lowest BCUT2D eigenvalue weighted by atomic mass is 10.2. The Bertz CT molecular complexity index is 460. The van der Waals surface area contributed by atoms with Crippen molar-refractivity contribution in [2.24, 2.45) is 5.73 Å². The quantitative estimate of drug-likeness (QED) is 0.708. The molecule has 7 heteroatoms. The smallest absolute Gasteiger partial charge is 0.274 e. The molecule has 0 bridgehead atoms. The maximum Gasteiger partial charge on any atom is 0.274 e. The SMILES string of the molecule is CC(C)N(CC(N)=O)C(=O)c1ccc(=O)[nH]n1. The normalized spacial score (nSPS) is 10.3. The van der Waals surface area contributed by atoms with Crippen LogP contribution in [-0.4, -0.2) is 39.5 Å². The van der Waals surface area contributed by atoms with Crippen LogP contribution in [0.5, 0.6) is 0 Å². The van der Waals surface area contributed by atoms with Crippen LogP contribution >= 0.6 is 0 Å². The Balaban J connectivity index is 2.95. The molecule has 0 aliphatic carbocycles. The summed E-state index contributed by atoms with van der Waals surface area (Å²) in [5.41, 5.74) is 4.73. The van der Waals surface area contributed by atoms with Gasteiger partial charge in [0.05, 0.1) is 6.54 Å². The van der Waals surface area contributed by atoms with E-state index in [0.29, 0.717) is 0 Å². The average molecular weight is 238 g/mol. The Hall–Kier alpha value is -2.18. The van der Waals surface area contributed by atoms with Gasteiger partial charge in [-0.2, -0.15) is 5.10 Å². The van der Waals surface area contributed by atoms with E-state index in [1.54, 1.807) is 13.8 Å². The van der Waals surface area contributed by atoms with Gasteiger partial charge in [0.2, 0.25) is 5.91 Å². The van der Waals surface area contributed by atoms with Crippen LogP contribution in [0.1, 0.15) is 24.3 Å². The second kappa shape index (κ2) is 5.24. The highest BCUT2D eigenvalue weighted by Gasteiger charge is 2.21. The van der Waals surface area contributed by atoms with Gasteiger partial charge in [0.15, 0.2) is 0 Å². The summed E-state index contributed by atoms with van der Waals surface area (Å²) in [4.78, 5) is 34.9. The molecule has 0 aliphatic heterocycles. The first-order chi connectivity index (χ1) is 7.91. The fraction of sp³-hybridized carbons (Fsp3) is 0.400. The van der Waals surface area contributed by atoms with E-state index in [-0.39, 0.29) is 18.3 Å². The van der Waals surface area contributed by atoms with Crippen LogP contribution in [-0.2, 0) is 4.79 Å². The Kier molecular flexibility index (Phi) is 3.97. The van der Waals surface area contributed by atoms with Crippen LogP contribution in [0.2, 0.25) is 0 Å². The molecule has 0 radical (unpaired) electrons. The average Bonchev–Trinajstić information content (AvgIpc) is 2.25. The molecule has 0 aromatic carbocycles. The second-order valence-electron chi connectivity index (χ2n) is 3.80. The highest BCUT2D eigenvalue weighted by molar-refractivity contribution is 5.94. The molecule has 0 unspecified atom stereocenters. The molecular weight excluding hydrogens is 224 g/mol. The third-order valence-corrected chi connectivity index (χ3v) is 2.11. The van der Waals surface area contributed by atoms with Crippen molar-refractivity contribution in [3.8, 4) is 0 Å². The molecule has 17 heavy (non-hydrogen) atoms. The number of hydrogen-bond donors (Lipinski definition) is 2. The molecule has 1 aromatic rings. The third kappa shape index (κ3) is 3.40. The van der Waals surface area contributed by atoms with Gasteiger partial charge in [0, 0.05) is 12.1 Å². The monoisotopic (exact) mass is 238 g/mol. The molecule has 92 valence electrons.